The molecule has 0 radical (unpaired) electrons. The van der Waals surface area contributed by atoms with Crippen molar-refractivity contribution < 1.29 is 69.4 Å². The van der Waals surface area contributed by atoms with Crippen molar-refractivity contribution in [3.63, 3.8) is 0 Å². The van der Waals surface area contributed by atoms with Gasteiger partial charge in [-0.2, -0.15) is 0 Å². The molecule has 0 N–H and O–H groups in total. The van der Waals surface area contributed by atoms with Gasteiger partial charge in [0.2, 0.25) is 0 Å². The van der Waals surface area contributed by atoms with E-state index in [9.17, 15) is 0 Å². The molecular formula is C12H22Y4. The average Bonchev–Trinajstić information content (AvgIpc) is 2.03. The van der Waals surface area contributed by atoms with Crippen LogP contribution >= 0.6 is 0 Å². The molecule has 0 saturated carbocycles. The maximum atomic E-state index is 2.45. The Bertz CT molecular complexity index is 303. The van der Waals surface area contributed by atoms with Crippen molar-refractivity contribution >= 4 is 4.60 Å². The van der Waals surface area contributed by atoms with E-state index in [2.05, 4.69) is 46.1 Å². The zero-order valence-electron chi connectivity index (χ0n) is 11.7. The predicted octanol–water partition coefficient (Wildman–Crippen LogP) is 3.29. The van der Waals surface area contributed by atoms with Crippen LogP contribution in [0, 0.1) is 10.8 Å². The van der Waals surface area contributed by atoms with Gasteiger partial charge in [0.15, 0.2) is 0 Å². The fourth-order valence-corrected chi connectivity index (χ4v) is 217. The molecule has 0 nitrogen and oxygen atoms in total. The van der Waals surface area contributed by atoms with Crippen molar-refractivity contribution in [3.05, 3.63) is 0 Å². The summed E-state index contributed by atoms with van der Waals surface area (Å²) in [4.78, 5) is 0. The molecule has 4 heteroatoms. The van der Waals surface area contributed by atoms with Crippen LogP contribution in [0.15, 0.2) is 0 Å². The SMILES string of the molecule is CC(C)(C)C[C]1=[Y][Y]=[Y][Y]=[C]1CC(C)(C)C. The number of hydrogen-bond donors (Lipinski definition) is 0. The standard InChI is InChI=1S/C12H22.4Y/c1-11(2,3)9-7-8-10-12(4,5)6;;;;/h9-10H2,1-6H3;;;;. The van der Waals surface area contributed by atoms with Crippen LogP contribution in [0.5, 0.6) is 0 Å². The summed E-state index contributed by atoms with van der Waals surface area (Å²) in [7, 11) is 0. The van der Waals surface area contributed by atoms with E-state index in [4.69, 9.17) is 0 Å². The third-order valence-corrected chi connectivity index (χ3v) is 197. The second-order valence-corrected chi connectivity index (χ2v) is 101. The topological polar surface area (TPSA) is 0 Å². The summed E-state index contributed by atoms with van der Waals surface area (Å²) in [6.07, 6.45) is 3.03. The summed E-state index contributed by atoms with van der Waals surface area (Å²) < 4.78 is 4.38. The molecule has 0 atom stereocenters. The van der Waals surface area contributed by atoms with Crippen molar-refractivity contribution in [1.82, 2.24) is 0 Å². The predicted molar refractivity (Wildman–Crippen MR) is 58.2 cm³/mol. The second kappa shape index (κ2) is 7.97. The van der Waals surface area contributed by atoms with Gasteiger partial charge in [0, 0.05) is 0 Å². The Kier molecular flexibility index (Phi) is 9.06. The monoisotopic (exact) mass is 522 g/mol. The summed E-state index contributed by atoms with van der Waals surface area (Å²) in [5, 5.41) is 0. The fraction of sp³-hybridized carbons (Fsp3) is 0.833. The second-order valence-electron chi connectivity index (χ2n) is 7.24. The molecule has 1 heterocycles. The van der Waals surface area contributed by atoms with E-state index in [0.717, 1.165) is 0 Å². The molecule has 1 aliphatic heterocycles. The summed E-state index contributed by atoms with van der Waals surface area (Å²) >= 11 is 0.499. The van der Waals surface area contributed by atoms with Crippen LogP contribution in [0.2, 0.25) is 0 Å². The Morgan fingerprint density at radius 2 is 1.00 bits per heavy atom. The van der Waals surface area contributed by atoms with Crippen molar-refractivity contribution in [2.75, 3.05) is 0 Å². The molecule has 0 bridgehead atoms. The van der Waals surface area contributed by atoms with Gasteiger partial charge in [0.1, 0.15) is 0 Å². The quantitative estimate of drug-likeness (QED) is 0.523. The molecule has 0 unspecified atom stereocenters. The average molecular weight is 522 g/mol. The normalized spacial score (nSPS) is 15.1. The molecule has 1 aliphatic rings. The van der Waals surface area contributed by atoms with Crippen molar-refractivity contribution in [3.8, 4) is 0 Å². The van der Waals surface area contributed by atoms with Crippen molar-refractivity contribution in [2.45, 2.75) is 54.4 Å². The van der Waals surface area contributed by atoms with Gasteiger partial charge in [-0.1, -0.05) is 0 Å². The summed E-state index contributed by atoms with van der Waals surface area (Å²) in [6, 6.07) is 0. The molecule has 0 saturated heterocycles. The van der Waals surface area contributed by atoms with E-state index in [-0.39, 0.29) is 69.4 Å². The van der Waals surface area contributed by atoms with Crippen molar-refractivity contribution in [1.29, 1.82) is 0 Å². The molecule has 1 rings (SSSR count). The van der Waals surface area contributed by atoms with Gasteiger partial charge < -0.3 is 0 Å². The summed E-state index contributed by atoms with van der Waals surface area (Å²) in [5.41, 5.74) is 1.17. The summed E-state index contributed by atoms with van der Waals surface area (Å²) in [6.45, 7) is 14.7. The van der Waals surface area contributed by atoms with Gasteiger partial charge >= 0.3 is 139 Å². The van der Waals surface area contributed by atoms with E-state index in [1.165, 1.54) is 12.8 Å². The minimum atomic E-state index is -0.0350. The molecule has 0 aromatic carbocycles. The van der Waals surface area contributed by atoms with E-state index < -0.39 is 0 Å². The van der Waals surface area contributed by atoms with Crippen LogP contribution in [0.4, 0.5) is 0 Å². The van der Waals surface area contributed by atoms with Crippen LogP contribution in [0.25, 0.3) is 0 Å². The Morgan fingerprint density at radius 1 is 0.688 bits per heavy atom. The Balaban J connectivity index is 2.80. The Labute approximate surface area is 135 Å². The molecular weight excluding hydrogens is 500 g/mol. The Hall–Kier alpha value is 4.16. The summed E-state index contributed by atoms with van der Waals surface area (Å²) in [5.74, 6) is 0. The molecule has 0 fully saturated rings. The minimum absolute atomic E-state index is 0.0350. The van der Waals surface area contributed by atoms with Crippen LogP contribution < -0.4 is 0 Å². The Morgan fingerprint density at radius 3 is 1.25 bits per heavy atom. The molecule has 0 spiro atoms. The first-order chi connectivity index (χ1) is 7.17. The third kappa shape index (κ3) is 8.44. The third-order valence-electron chi connectivity index (χ3n) is 2.56. The van der Waals surface area contributed by atoms with Crippen LogP contribution in [-0.2, 0) is 69.4 Å². The van der Waals surface area contributed by atoms with E-state index in [0.29, 0.717) is 10.8 Å². The van der Waals surface area contributed by atoms with E-state index in [1.807, 2.05) is 0 Å². The molecule has 0 amide bonds. The first kappa shape index (κ1) is 18.2. The molecule has 16 heavy (non-hydrogen) atoms. The first-order valence-corrected chi connectivity index (χ1v) is 43.1. The van der Waals surface area contributed by atoms with Gasteiger partial charge in [-0.25, -0.2) is 0 Å². The molecule has 0 aromatic heterocycles. The molecule has 82 valence electrons. The van der Waals surface area contributed by atoms with Crippen LogP contribution in [0.3, 0.4) is 0 Å². The molecule has 0 aliphatic carbocycles. The molecule has 0 aromatic rings. The zero-order valence-corrected chi connectivity index (χ0v) is 23.1. The van der Waals surface area contributed by atoms with Crippen LogP contribution in [-0.4, -0.2) is 4.60 Å². The van der Waals surface area contributed by atoms with Gasteiger partial charge in [0.05, 0.1) is 0 Å². The zero-order chi connectivity index (χ0) is 12.4. The fourth-order valence-electron chi connectivity index (χ4n) is 2.05. The van der Waals surface area contributed by atoms with Crippen molar-refractivity contribution in [2.24, 2.45) is 10.8 Å². The van der Waals surface area contributed by atoms with E-state index in [1.54, 1.807) is 0 Å². The van der Waals surface area contributed by atoms with Crippen LogP contribution in [0.1, 0.15) is 54.4 Å². The van der Waals surface area contributed by atoms with Gasteiger partial charge in [-0.15, -0.1) is 0 Å². The number of hydrogen-bond acceptors (Lipinski definition) is 0. The maximum absolute atomic E-state index is 2.45. The number of rotatable bonds is 2. The van der Waals surface area contributed by atoms with Gasteiger partial charge in [-0.05, 0) is 0 Å². The van der Waals surface area contributed by atoms with Gasteiger partial charge in [-0.3, -0.25) is 0 Å². The van der Waals surface area contributed by atoms with Gasteiger partial charge in [0.25, 0.3) is 0 Å². The first-order valence-electron chi connectivity index (χ1n) is 6.24. The van der Waals surface area contributed by atoms with E-state index >= 15 is 0 Å².